The number of rotatable bonds is 8. The molecule has 2 rings (SSSR count). The van der Waals surface area contributed by atoms with Crippen molar-refractivity contribution in [2.75, 3.05) is 20.3 Å². The van der Waals surface area contributed by atoms with E-state index < -0.39 is 0 Å². The first-order valence-electron chi connectivity index (χ1n) is 7.43. The Kier molecular flexibility index (Phi) is 6.70. The highest BCUT2D eigenvalue weighted by Crippen LogP contribution is 2.28. The van der Waals surface area contributed by atoms with Gasteiger partial charge in [-0.05, 0) is 36.8 Å². The Labute approximate surface area is 151 Å². The number of carbonyl (C=O) groups excluding carboxylic acids is 1. The van der Waals surface area contributed by atoms with Gasteiger partial charge >= 0.3 is 0 Å². The monoisotopic (exact) mass is 365 g/mol. The van der Waals surface area contributed by atoms with E-state index in [1.807, 2.05) is 31.2 Å². The molecule has 0 N–H and O–H groups in total. The predicted molar refractivity (Wildman–Crippen MR) is 98.2 cm³/mol. The van der Waals surface area contributed by atoms with E-state index in [2.05, 4.69) is 6.58 Å². The summed E-state index contributed by atoms with van der Waals surface area (Å²) in [5, 5.41) is 0. The molecule has 0 aliphatic rings. The van der Waals surface area contributed by atoms with Crippen LogP contribution in [0.3, 0.4) is 0 Å². The molecule has 128 valence electrons. The van der Waals surface area contributed by atoms with Gasteiger partial charge in [0.05, 0.1) is 18.0 Å². The first kappa shape index (κ1) is 18.4. The van der Waals surface area contributed by atoms with Crippen molar-refractivity contribution in [1.29, 1.82) is 0 Å². The van der Waals surface area contributed by atoms with Gasteiger partial charge in [0, 0.05) is 11.4 Å². The average Bonchev–Trinajstić information content (AvgIpc) is 2.98. The van der Waals surface area contributed by atoms with Crippen LogP contribution in [0.5, 0.6) is 11.5 Å². The second-order valence-electron chi connectivity index (χ2n) is 5.21. The molecule has 0 spiro atoms. The topological polar surface area (TPSA) is 38.8 Å². The number of thiophene rings is 1. The zero-order chi connectivity index (χ0) is 17.5. The summed E-state index contributed by atoms with van der Waals surface area (Å²) < 4.78 is 11.6. The molecule has 1 amide bonds. The van der Waals surface area contributed by atoms with Crippen LogP contribution >= 0.6 is 22.9 Å². The summed E-state index contributed by atoms with van der Waals surface area (Å²) in [6.07, 6.45) is 1.69. The van der Waals surface area contributed by atoms with Crippen LogP contribution in [0.2, 0.25) is 4.34 Å². The number of methoxy groups -OCH3 is 1. The van der Waals surface area contributed by atoms with Crippen molar-refractivity contribution >= 4 is 28.8 Å². The van der Waals surface area contributed by atoms with E-state index in [4.69, 9.17) is 21.1 Å². The number of nitrogens with zero attached hydrogens (tertiary/aromatic N) is 1. The molecule has 0 atom stereocenters. The number of hydrogen-bond acceptors (Lipinski definition) is 4. The fourth-order valence-electron chi connectivity index (χ4n) is 2.16. The number of halogens is 1. The van der Waals surface area contributed by atoms with Crippen LogP contribution in [0, 0.1) is 6.92 Å². The molecule has 0 unspecified atom stereocenters. The van der Waals surface area contributed by atoms with Crippen molar-refractivity contribution in [3.05, 3.63) is 57.8 Å². The van der Waals surface area contributed by atoms with Crippen molar-refractivity contribution in [1.82, 2.24) is 4.90 Å². The SMILES string of the molecule is C=CCN(Cc1ccc(Cl)s1)C(=O)COc1ccc(C)cc1OC. The van der Waals surface area contributed by atoms with E-state index >= 15 is 0 Å². The molecule has 1 heterocycles. The molecule has 1 aromatic carbocycles. The van der Waals surface area contributed by atoms with E-state index in [-0.39, 0.29) is 12.5 Å². The van der Waals surface area contributed by atoms with Gasteiger partial charge in [0.2, 0.25) is 0 Å². The van der Waals surface area contributed by atoms with E-state index in [1.165, 1.54) is 11.3 Å². The van der Waals surface area contributed by atoms with Gasteiger partial charge in [-0.1, -0.05) is 23.7 Å². The normalized spacial score (nSPS) is 10.3. The highest BCUT2D eigenvalue weighted by molar-refractivity contribution is 7.16. The molecule has 4 nitrogen and oxygen atoms in total. The third-order valence-corrected chi connectivity index (χ3v) is 4.56. The van der Waals surface area contributed by atoms with Gasteiger partial charge in [-0.2, -0.15) is 0 Å². The van der Waals surface area contributed by atoms with Gasteiger partial charge in [0.1, 0.15) is 0 Å². The van der Waals surface area contributed by atoms with Gasteiger partial charge < -0.3 is 14.4 Å². The molecule has 0 saturated heterocycles. The molecule has 0 fully saturated rings. The number of benzene rings is 1. The minimum Gasteiger partial charge on any atom is -0.493 e. The molecular weight excluding hydrogens is 346 g/mol. The second-order valence-corrected chi connectivity index (χ2v) is 7.01. The Morgan fingerprint density at radius 2 is 2.12 bits per heavy atom. The molecule has 6 heteroatoms. The number of hydrogen-bond donors (Lipinski definition) is 0. The fourth-order valence-corrected chi connectivity index (χ4v) is 3.26. The first-order chi connectivity index (χ1) is 11.5. The van der Waals surface area contributed by atoms with Gasteiger partial charge in [-0.25, -0.2) is 0 Å². The lowest BCUT2D eigenvalue weighted by molar-refractivity contribution is -0.133. The molecule has 0 aliphatic carbocycles. The average molecular weight is 366 g/mol. The third-order valence-electron chi connectivity index (χ3n) is 3.35. The summed E-state index contributed by atoms with van der Waals surface area (Å²) >= 11 is 7.40. The number of carbonyl (C=O) groups is 1. The molecule has 0 bridgehead atoms. The Morgan fingerprint density at radius 1 is 1.33 bits per heavy atom. The molecule has 0 aliphatic heterocycles. The van der Waals surface area contributed by atoms with Crippen LogP contribution in [0.1, 0.15) is 10.4 Å². The van der Waals surface area contributed by atoms with Gasteiger partial charge in [0.15, 0.2) is 18.1 Å². The molecule has 0 radical (unpaired) electrons. The van der Waals surface area contributed by atoms with Gasteiger partial charge in [0.25, 0.3) is 5.91 Å². The van der Waals surface area contributed by atoms with Crippen molar-refractivity contribution in [2.24, 2.45) is 0 Å². The Hall–Kier alpha value is -1.98. The minimum atomic E-state index is -0.123. The summed E-state index contributed by atoms with van der Waals surface area (Å²) in [6.45, 7) is 6.54. The minimum absolute atomic E-state index is 0.0631. The maximum absolute atomic E-state index is 12.5. The Bertz CT molecular complexity index is 714. The van der Waals surface area contributed by atoms with Crippen molar-refractivity contribution in [3.8, 4) is 11.5 Å². The second kappa shape index (κ2) is 8.76. The van der Waals surface area contributed by atoms with E-state index in [0.29, 0.717) is 28.9 Å². The van der Waals surface area contributed by atoms with Gasteiger partial charge in [-0.3, -0.25) is 4.79 Å². The standard InChI is InChI=1S/C18H20ClNO3S/c1-4-9-20(11-14-6-8-17(19)24-14)18(21)12-23-15-7-5-13(2)10-16(15)22-3/h4-8,10H,1,9,11-12H2,2-3H3. The van der Waals surface area contributed by atoms with Crippen LogP contribution in [0.25, 0.3) is 0 Å². The summed E-state index contributed by atoms with van der Waals surface area (Å²) in [7, 11) is 1.58. The summed E-state index contributed by atoms with van der Waals surface area (Å²) in [5.41, 5.74) is 1.06. The van der Waals surface area contributed by atoms with E-state index in [9.17, 15) is 4.79 Å². The first-order valence-corrected chi connectivity index (χ1v) is 8.63. The molecule has 0 saturated carbocycles. The summed E-state index contributed by atoms with van der Waals surface area (Å²) in [4.78, 5) is 15.2. The van der Waals surface area contributed by atoms with Crippen molar-refractivity contribution < 1.29 is 14.3 Å². The lowest BCUT2D eigenvalue weighted by Crippen LogP contribution is -2.34. The van der Waals surface area contributed by atoms with E-state index in [1.54, 1.807) is 24.2 Å². The summed E-state index contributed by atoms with van der Waals surface area (Å²) in [5.74, 6) is 1.04. The molecule has 2 aromatic rings. The maximum Gasteiger partial charge on any atom is 0.261 e. The lowest BCUT2D eigenvalue weighted by atomic mass is 10.2. The van der Waals surface area contributed by atoms with Crippen LogP contribution < -0.4 is 9.47 Å². The zero-order valence-corrected chi connectivity index (χ0v) is 15.3. The van der Waals surface area contributed by atoms with Crippen LogP contribution in [0.4, 0.5) is 0 Å². The molecule has 24 heavy (non-hydrogen) atoms. The molecule has 1 aromatic heterocycles. The highest BCUT2D eigenvalue weighted by atomic mass is 35.5. The van der Waals surface area contributed by atoms with Crippen molar-refractivity contribution in [2.45, 2.75) is 13.5 Å². The Balaban J connectivity index is 2.01. The predicted octanol–water partition coefficient (Wildman–Crippen LogP) is 4.31. The number of amides is 1. The molecular formula is C18H20ClNO3S. The maximum atomic E-state index is 12.5. The Morgan fingerprint density at radius 3 is 2.75 bits per heavy atom. The zero-order valence-electron chi connectivity index (χ0n) is 13.8. The third kappa shape index (κ3) is 5.01. The largest absolute Gasteiger partial charge is 0.493 e. The lowest BCUT2D eigenvalue weighted by Gasteiger charge is -2.21. The number of ether oxygens (including phenoxy) is 2. The quantitative estimate of drug-likeness (QED) is 0.654. The highest BCUT2D eigenvalue weighted by Gasteiger charge is 2.15. The number of aryl methyl sites for hydroxylation is 1. The van der Waals surface area contributed by atoms with Crippen LogP contribution in [-0.4, -0.2) is 31.1 Å². The fraction of sp³-hybridized carbons (Fsp3) is 0.278. The van der Waals surface area contributed by atoms with Crippen LogP contribution in [-0.2, 0) is 11.3 Å². The van der Waals surface area contributed by atoms with Crippen molar-refractivity contribution in [3.63, 3.8) is 0 Å². The van der Waals surface area contributed by atoms with Gasteiger partial charge in [-0.15, -0.1) is 17.9 Å². The smallest absolute Gasteiger partial charge is 0.261 e. The van der Waals surface area contributed by atoms with Crippen LogP contribution in [0.15, 0.2) is 43.0 Å². The summed E-state index contributed by atoms with van der Waals surface area (Å²) in [6, 6.07) is 9.33. The van der Waals surface area contributed by atoms with E-state index in [0.717, 1.165) is 10.4 Å².